The Balaban J connectivity index is 2.30. The van der Waals surface area contributed by atoms with Crippen LogP contribution in [0.4, 0.5) is 0 Å². The molecule has 0 aliphatic heterocycles. The Morgan fingerprint density at radius 3 is 1.96 bits per heavy atom. The van der Waals surface area contributed by atoms with E-state index in [1.165, 1.54) is 25.7 Å². The van der Waals surface area contributed by atoms with Crippen molar-refractivity contribution in [3.8, 4) is 0 Å². The molecule has 0 radical (unpaired) electrons. The minimum Gasteiger partial charge on any atom is -0.382 e. The zero-order chi connectivity index (χ0) is 20.3. The van der Waals surface area contributed by atoms with Gasteiger partial charge in [-0.25, -0.2) is 0 Å². The van der Waals surface area contributed by atoms with Crippen molar-refractivity contribution in [3.05, 3.63) is 35.9 Å². The van der Waals surface area contributed by atoms with Gasteiger partial charge in [0.25, 0.3) is 0 Å². The van der Waals surface area contributed by atoms with E-state index < -0.39 is 14.9 Å². The van der Waals surface area contributed by atoms with Crippen molar-refractivity contribution in [2.45, 2.75) is 57.2 Å². The second-order valence-corrected chi connectivity index (χ2v) is 11.0. The van der Waals surface area contributed by atoms with E-state index in [1.54, 1.807) is 21.3 Å². The van der Waals surface area contributed by atoms with E-state index in [-0.39, 0.29) is 6.04 Å². The highest BCUT2D eigenvalue weighted by Crippen LogP contribution is 2.24. The van der Waals surface area contributed by atoms with Crippen molar-refractivity contribution in [1.29, 1.82) is 0 Å². The lowest BCUT2D eigenvalue weighted by atomic mass is 10.0. The molecule has 0 aromatic heterocycles. The van der Waals surface area contributed by atoms with Gasteiger partial charge in [0.1, 0.15) is 12.1 Å². The zero-order valence-corrected chi connectivity index (χ0v) is 19.1. The fourth-order valence-corrected chi connectivity index (χ4v) is 5.26. The number of unbranched alkanes of at least 4 members (excludes halogenated alkanes) is 4. The molecule has 0 bridgehead atoms. The Morgan fingerprint density at radius 1 is 0.889 bits per heavy atom. The van der Waals surface area contributed by atoms with Crippen LogP contribution in [0.2, 0.25) is 6.04 Å². The molecule has 1 rings (SSSR count). The van der Waals surface area contributed by atoms with Gasteiger partial charge in [0.2, 0.25) is 0 Å². The lowest BCUT2D eigenvalue weighted by Crippen LogP contribution is -2.50. The summed E-state index contributed by atoms with van der Waals surface area (Å²) in [6, 6.07) is 11.0. The van der Waals surface area contributed by atoms with Gasteiger partial charge in [0.05, 0.1) is 20.6 Å². The molecule has 0 saturated carbocycles. The number of quaternary nitrogens is 1. The topological polar surface area (TPSA) is 47.9 Å². The summed E-state index contributed by atoms with van der Waals surface area (Å²) in [5.74, 6) is 0. The van der Waals surface area contributed by atoms with Crippen molar-refractivity contribution in [2.24, 2.45) is 0 Å². The maximum absolute atomic E-state index is 10.7. The van der Waals surface area contributed by atoms with Gasteiger partial charge >= 0.3 is 8.80 Å². The SMILES string of the molecule is CO[Si](CCCCCCC[N+](C)(C)[C@@H](C)[C@H](O)c1ccccc1)(OC)OC. The van der Waals surface area contributed by atoms with Crippen LogP contribution in [0.15, 0.2) is 30.3 Å². The van der Waals surface area contributed by atoms with E-state index in [4.69, 9.17) is 13.3 Å². The summed E-state index contributed by atoms with van der Waals surface area (Å²) in [5.41, 5.74) is 0.998. The second-order valence-electron chi connectivity index (χ2n) is 7.91. The summed E-state index contributed by atoms with van der Waals surface area (Å²) in [6.07, 6.45) is 5.38. The average molecular weight is 399 g/mol. The lowest BCUT2D eigenvalue weighted by molar-refractivity contribution is -0.917. The highest BCUT2D eigenvalue weighted by atomic mass is 28.4. The first kappa shape index (κ1) is 24.3. The summed E-state index contributed by atoms with van der Waals surface area (Å²) < 4.78 is 17.2. The molecule has 0 aliphatic rings. The number of nitrogens with zero attached hydrogens (tertiary/aromatic N) is 1. The number of aliphatic hydroxyl groups excluding tert-OH is 1. The number of likely N-dealkylation sites (N-methyl/N-ethyl adjacent to an activating group) is 1. The van der Waals surface area contributed by atoms with Gasteiger partial charge in [-0.15, -0.1) is 0 Å². The largest absolute Gasteiger partial charge is 0.500 e. The predicted molar refractivity (Wildman–Crippen MR) is 113 cm³/mol. The highest BCUT2D eigenvalue weighted by Gasteiger charge is 2.36. The van der Waals surface area contributed by atoms with Gasteiger partial charge in [-0.2, -0.15) is 0 Å². The number of aliphatic hydroxyl groups is 1. The molecular formula is C21H40NO4Si+. The van der Waals surface area contributed by atoms with Crippen LogP contribution in [-0.4, -0.2) is 66.4 Å². The van der Waals surface area contributed by atoms with Gasteiger partial charge in [-0.1, -0.05) is 43.2 Å². The van der Waals surface area contributed by atoms with Gasteiger partial charge < -0.3 is 22.9 Å². The summed E-state index contributed by atoms with van der Waals surface area (Å²) in [7, 11) is 7.04. The van der Waals surface area contributed by atoms with Crippen LogP contribution >= 0.6 is 0 Å². The van der Waals surface area contributed by atoms with Crippen molar-refractivity contribution < 1.29 is 22.9 Å². The normalized spacial score (nSPS) is 14.9. The van der Waals surface area contributed by atoms with E-state index in [9.17, 15) is 5.11 Å². The molecule has 1 aromatic rings. The van der Waals surface area contributed by atoms with Gasteiger partial charge in [0.15, 0.2) is 0 Å². The van der Waals surface area contributed by atoms with Gasteiger partial charge in [-0.3, -0.25) is 0 Å². The molecule has 0 saturated heterocycles. The molecule has 0 unspecified atom stereocenters. The van der Waals surface area contributed by atoms with Crippen LogP contribution in [0.5, 0.6) is 0 Å². The molecule has 27 heavy (non-hydrogen) atoms. The van der Waals surface area contributed by atoms with E-state index >= 15 is 0 Å². The third kappa shape index (κ3) is 7.64. The van der Waals surface area contributed by atoms with Crippen molar-refractivity contribution in [1.82, 2.24) is 0 Å². The van der Waals surface area contributed by atoms with Crippen LogP contribution < -0.4 is 0 Å². The number of rotatable bonds is 14. The summed E-state index contributed by atoms with van der Waals surface area (Å²) >= 11 is 0. The summed E-state index contributed by atoms with van der Waals surface area (Å²) in [4.78, 5) is 0. The Hall–Kier alpha value is -0.763. The summed E-state index contributed by atoms with van der Waals surface area (Å²) in [5, 5.41) is 10.7. The predicted octanol–water partition coefficient (Wildman–Crippen LogP) is 4.01. The van der Waals surface area contributed by atoms with Crippen LogP contribution in [0.3, 0.4) is 0 Å². The Kier molecular flexibility index (Phi) is 10.7. The quantitative estimate of drug-likeness (QED) is 0.292. The van der Waals surface area contributed by atoms with Crippen molar-refractivity contribution >= 4 is 8.80 Å². The van der Waals surface area contributed by atoms with E-state index in [0.29, 0.717) is 0 Å². The van der Waals surface area contributed by atoms with Gasteiger partial charge in [-0.05, 0) is 31.7 Å². The Morgan fingerprint density at radius 2 is 1.41 bits per heavy atom. The number of hydrogen-bond acceptors (Lipinski definition) is 4. The van der Waals surface area contributed by atoms with Crippen LogP contribution in [0, 0.1) is 0 Å². The highest BCUT2D eigenvalue weighted by molar-refractivity contribution is 6.60. The van der Waals surface area contributed by atoms with Crippen molar-refractivity contribution in [3.63, 3.8) is 0 Å². The third-order valence-corrected chi connectivity index (χ3v) is 8.68. The maximum Gasteiger partial charge on any atom is 0.500 e. The average Bonchev–Trinajstić information content (AvgIpc) is 2.70. The first-order valence-corrected chi connectivity index (χ1v) is 12.0. The molecule has 0 spiro atoms. The molecule has 0 heterocycles. The molecule has 2 atom stereocenters. The molecular weight excluding hydrogens is 358 g/mol. The zero-order valence-electron chi connectivity index (χ0n) is 18.1. The standard InChI is InChI=1S/C21H40NO4Si/c1-19(21(23)20-15-11-10-12-16-20)22(2,3)17-13-8-7-9-14-18-27(24-4,25-5)26-6/h10-12,15-16,19,21,23H,7-9,13-14,17-18H2,1-6H3/q+1/t19-,21-/m0/s1. The Bertz CT molecular complexity index is 500. The molecule has 156 valence electrons. The fourth-order valence-electron chi connectivity index (χ4n) is 3.46. The number of benzene rings is 1. The molecule has 6 heteroatoms. The second kappa shape index (κ2) is 11.9. The monoisotopic (exact) mass is 398 g/mol. The van der Waals surface area contributed by atoms with Crippen LogP contribution in [0.1, 0.15) is 50.7 Å². The molecule has 1 N–H and O–H groups in total. The smallest absolute Gasteiger partial charge is 0.382 e. The molecule has 5 nitrogen and oxygen atoms in total. The first-order valence-electron chi connectivity index (χ1n) is 10.0. The fraction of sp³-hybridized carbons (Fsp3) is 0.714. The first-order chi connectivity index (χ1) is 12.8. The van der Waals surface area contributed by atoms with E-state index in [0.717, 1.165) is 29.1 Å². The van der Waals surface area contributed by atoms with Crippen LogP contribution in [0.25, 0.3) is 0 Å². The Labute approximate surface area is 167 Å². The lowest BCUT2D eigenvalue weighted by Gasteiger charge is -2.38. The minimum absolute atomic E-state index is 0.157. The molecule has 0 aliphatic carbocycles. The van der Waals surface area contributed by atoms with E-state index in [1.807, 2.05) is 30.3 Å². The van der Waals surface area contributed by atoms with E-state index in [2.05, 4.69) is 21.0 Å². The maximum atomic E-state index is 10.7. The molecule has 0 amide bonds. The molecule has 0 fully saturated rings. The number of hydrogen-bond donors (Lipinski definition) is 1. The van der Waals surface area contributed by atoms with Crippen LogP contribution in [-0.2, 0) is 13.3 Å². The van der Waals surface area contributed by atoms with Gasteiger partial charge in [0, 0.05) is 27.4 Å². The summed E-state index contributed by atoms with van der Waals surface area (Å²) in [6.45, 7) is 3.21. The molecule has 1 aromatic carbocycles. The minimum atomic E-state index is -2.41. The third-order valence-electron chi connectivity index (χ3n) is 5.85. The van der Waals surface area contributed by atoms with Crippen molar-refractivity contribution in [2.75, 3.05) is 42.0 Å².